The minimum atomic E-state index is -0.464. The SMILES string of the molecule is NC(=S)c1cc(NC(=O)CC2CC3CCC2C3)ccc1F. The van der Waals surface area contributed by atoms with E-state index in [4.69, 9.17) is 18.0 Å². The highest BCUT2D eigenvalue weighted by Crippen LogP contribution is 2.49. The highest BCUT2D eigenvalue weighted by Gasteiger charge is 2.40. The van der Waals surface area contributed by atoms with Crippen LogP contribution in [-0.4, -0.2) is 10.9 Å². The van der Waals surface area contributed by atoms with Gasteiger partial charge in [-0.25, -0.2) is 4.39 Å². The number of carbonyl (C=O) groups is 1. The van der Waals surface area contributed by atoms with Crippen molar-refractivity contribution in [2.75, 3.05) is 5.32 Å². The topological polar surface area (TPSA) is 55.1 Å². The van der Waals surface area contributed by atoms with Crippen LogP contribution < -0.4 is 11.1 Å². The molecule has 3 N–H and O–H groups in total. The van der Waals surface area contributed by atoms with Gasteiger partial charge in [0.1, 0.15) is 10.8 Å². The third-order valence-electron chi connectivity index (χ3n) is 4.85. The highest BCUT2D eigenvalue weighted by atomic mass is 32.1. The molecule has 3 atom stereocenters. The molecule has 1 amide bonds. The maximum atomic E-state index is 13.5. The Labute approximate surface area is 129 Å². The Morgan fingerprint density at radius 2 is 2.19 bits per heavy atom. The molecule has 3 nitrogen and oxygen atoms in total. The molecule has 5 heteroatoms. The van der Waals surface area contributed by atoms with E-state index in [0.29, 0.717) is 18.0 Å². The third kappa shape index (κ3) is 3.07. The van der Waals surface area contributed by atoms with E-state index in [1.165, 1.54) is 43.9 Å². The van der Waals surface area contributed by atoms with Crippen LogP contribution in [0.5, 0.6) is 0 Å². The van der Waals surface area contributed by atoms with E-state index in [1.54, 1.807) is 0 Å². The summed E-state index contributed by atoms with van der Waals surface area (Å²) in [5.74, 6) is 1.60. The van der Waals surface area contributed by atoms with Gasteiger partial charge in [-0.05, 0) is 55.2 Å². The normalized spacial score (nSPS) is 26.8. The molecule has 0 radical (unpaired) electrons. The Balaban J connectivity index is 1.62. The lowest BCUT2D eigenvalue weighted by atomic mass is 9.86. The first kappa shape index (κ1) is 14.4. The van der Waals surface area contributed by atoms with Gasteiger partial charge in [-0.2, -0.15) is 0 Å². The van der Waals surface area contributed by atoms with Gasteiger partial charge in [-0.1, -0.05) is 18.6 Å². The average Bonchev–Trinajstić information content (AvgIpc) is 3.03. The number of halogens is 1. The van der Waals surface area contributed by atoms with Crippen molar-refractivity contribution in [1.29, 1.82) is 0 Å². The molecule has 2 bridgehead atoms. The van der Waals surface area contributed by atoms with Crippen molar-refractivity contribution < 1.29 is 9.18 Å². The number of fused-ring (bicyclic) bond motifs is 2. The molecule has 0 saturated heterocycles. The molecule has 1 aromatic rings. The predicted molar refractivity (Wildman–Crippen MR) is 84.5 cm³/mol. The fourth-order valence-corrected chi connectivity index (χ4v) is 4.02. The summed E-state index contributed by atoms with van der Waals surface area (Å²) in [6, 6.07) is 4.31. The van der Waals surface area contributed by atoms with E-state index in [1.807, 2.05) is 0 Å². The van der Waals surface area contributed by atoms with E-state index in [0.717, 1.165) is 11.8 Å². The molecule has 0 heterocycles. The van der Waals surface area contributed by atoms with E-state index >= 15 is 0 Å². The van der Waals surface area contributed by atoms with Crippen LogP contribution in [0.3, 0.4) is 0 Å². The van der Waals surface area contributed by atoms with E-state index in [2.05, 4.69) is 5.32 Å². The number of anilines is 1. The van der Waals surface area contributed by atoms with Crippen molar-refractivity contribution in [2.45, 2.75) is 32.1 Å². The van der Waals surface area contributed by atoms with E-state index in [9.17, 15) is 9.18 Å². The van der Waals surface area contributed by atoms with Gasteiger partial charge in [0.25, 0.3) is 0 Å². The van der Waals surface area contributed by atoms with Crippen LogP contribution in [0.2, 0.25) is 0 Å². The summed E-state index contributed by atoms with van der Waals surface area (Å²) in [7, 11) is 0. The quantitative estimate of drug-likeness (QED) is 0.840. The summed E-state index contributed by atoms with van der Waals surface area (Å²) in [5, 5.41) is 2.83. The van der Waals surface area contributed by atoms with Crippen molar-refractivity contribution in [3.8, 4) is 0 Å². The number of hydrogen-bond acceptors (Lipinski definition) is 2. The van der Waals surface area contributed by atoms with Gasteiger partial charge in [0.15, 0.2) is 0 Å². The smallest absolute Gasteiger partial charge is 0.224 e. The highest BCUT2D eigenvalue weighted by molar-refractivity contribution is 7.80. The van der Waals surface area contributed by atoms with Gasteiger partial charge in [-0.3, -0.25) is 4.79 Å². The van der Waals surface area contributed by atoms with Crippen LogP contribution >= 0.6 is 12.2 Å². The zero-order valence-corrected chi connectivity index (χ0v) is 12.6. The number of benzene rings is 1. The molecular formula is C16H19FN2OS. The minimum absolute atomic E-state index is 0.00305. The molecule has 2 aliphatic rings. The summed E-state index contributed by atoms with van der Waals surface area (Å²) < 4.78 is 13.5. The van der Waals surface area contributed by atoms with Gasteiger partial charge in [-0.15, -0.1) is 0 Å². The van der Waals surface area contributed by atoms with E-state index in [-0.39, 0.29) is 16.5 Å². The fourth-order valence-electron chi connectivity index (χ4n) is 3.87. The molecule has 0 spiro atoms. The molecule has 1 aromatic carbocycles. The maximum Gasteiger partial charge on any atom is 0.224 e. The lowest BCUT2D eigenvalue weighted by Gasteiger charge is -2.21. The van der Waals surface area contributed by atoms with Crippen molar-refractivity contribution in [2.24, 2.45) is 23.5 Å². The van der Waals surface area contributed by atoms with Crippen molar-refractivity contribution in [3.05, 3.63) is 29.6 Å². The summed E-state index contributed by atoms with van der Waals surface area (Å²) in [6.45, 7) is 0. The summed E-state index contributed by atoms with van der Waals surface area (Å²) in [4.78, 5) is 12.1. The van der Waals surface area contributed by atoms with Crippen molar-refractivity contribution >= 4 is 28.8 Å². The van der Waals surface area contributed by atoms with Gasteiger partial charge >= 0.3 is 0 Å². The summed E-state index contributed by atoms with van der Waals surface area (Å²) in [5.41, 5.74) is 6.18. The lowest BCUT2D eigenvalue weighted by Crippen LogP contribution is -2.20. The predicted octanol–water partition coefficient (Wildman–Crippen LogP) is 3.22. The van der Waals surface area contributed by atoms with Gasteiger partial charge in [0, 0.05) is 17.7 Å². The van der Waals surface area contributed by atoms with Crippen LogP contribution in [0, 0.1) is 23.6 Å². The lowest BCUT2D eigenvalue weighted by molar-refractivity contribution is -0.117. The molecule has 2 aliphatic carbocycles. The molecule has 112 valence electrons. The average molecular weight is 306 g/mol. The Morgan fingerprint density at radius 1 is 1.38 bits per heavy atom. The van der Waals surface area contributed by atoms with Crippen LogP contribution in [-0.2, 0) is 4.79 Å². The van der Waals surface area contributed by atoms with Crippen LogP contribution in [0.1, 0.15) is 37.7 Å². The number of thiocarbonyl (C=S) groups is 1. The van der Waals surface area contributed by atoms with Crippen LogP contribution in [0.4, 0.5) is 10.1 Å². The molecule has 2 saturated carbocycles. The Bertz CT molecular complexity index is 590. The molecule has 3 unspecified atom stereocenters. The molecule has 0 aromatic heterocycles. The van der Waals surface area contributed by atoms with Gasteiger partial charge in [0.05, 0.1) is 0 Å². The zero-order chi connectivity index (χ0) is 15.0. The van der Waals surface area contributed by atoms with Crippen molar-refractivity contribution in [3.63, 3.8) is 0 Å². The third-order valence-corrected chi connectivity index (χ3v) is 5.07. The Morgan fingerprint density at radius 3 is 2.81 bits per heavy atom. The van der Waals surface area contributed by atoms with E-state index < -0.39 is 5.82 Å². The largest absolute Gasteiger partial charge is 0.389 e. The molecule has 2 fully saturated rings. The summed E-state index contributed by atoms with van der Waals surface area (Å²) in [6.07, 6.45) is 5.63. The number of rotatable bonds is 4. The van der Waals surface area contributed by atoms with Gasteiger partial charge in [0.2, 0.25) is 5.91 Å². The van der Waals surface area contributed by atoms with Crippen LogP contribution in [0.15, 0.2) is 18.2 Å². The maximum absolute atomic E-state index is 13.5. The van der Waals surface area contributed by atoms with Crippen molar-refractivity contribution in [1.82, 2.24) is 0 Å². The first-order chi connectivity index (χ1) is 10.0. The second-order valence-electron chi connectivity index (χ2n) is 6.25. The molecule has 21 heavy (non-hydrogen) atoms. The Hall–Kier alpha value is -1.49. The molecular weight excluding hydrogens is 287 g/mol. The number of nitrogens with one attached hydrogen (secondary N) is 1. The number of hydrogen-bond donors (Lipinski definition) is 2. The zero-order valence-electron chi connectivity index (χ0n) is 11.8. The number of amides is 1. The molecule has 3 rings (SSSR count). The molecule has 0 aliphatic heterocycles. The second-order valence-corrected chi connectivity index (χ2v) is 6.69. The van der Waals surface area contributed by atoms with Crippen LogP contribution in [0.25, 0.3) is 0 Å². The standard InChI is InChI=1S/C16H19FN2OS/c17-14-4-3-12(8-13(14)16(18)21)19-15(20)7-11-6-9-1-2-10(11)5-9/h3-4,8-11H,1-2,5-7H2,(H2,18,21)(H,19,20). The fraction of sp³-hybridized carbons (Fsp3) is 0.500. The first-order valence-corrected chi connectivity index (χ1v) is 7.83. The Kier molecular flexibility index (Phi) is 3.93. The minimum Gasteiger partial charge on any atom is -0.389 e. The second kappa shape index (κ2) is 5.72. The summed E-state index contributed by atoms with van der Waals surface area (Å²) >= 11 is 4.80. The van der Waals surface area contributed by atoms with Gasteiger partial charge < -0.3 is 11.1 Å². The monoisotopic (exact) mass is 306 g/mol. The first-order valence-electron chi connectivity index (χ1n) is 7.42. The number of nitrogens with two attached hydrogens (primary N) is 1. The number of carbonyl (C=O) groups excluding carboxylic acids is 1.